The van der Waals surface area contributed by atoms with Gasteiger partial charge in [-0.2, -0.15) is 0 Å². The molecule has 2 fully saturated rings. The van der Waals surface area contributed by atoms with E-state index in [9.17, 15) is 0 Å². The number of fused-ring (bicyclic) bond motifs is 1. The zero-order valence-electron chi connectivity index (χ0n) is 17.3. The van der Waals surface area contributed by atoms with E-state index in [1.165, 1.54) is 37.8 Å². The molecule has 148 valence electrons. The van der Waals surface area contributed by atoms with E-state index < -0.39 is 0 Å². The molecule has 4 rings (SSSR count). The molecule has 3 heterocycles. The number of pyridine rings is 1. The molecule has 1 aliphatic carbocycles. The van der Waals surface area contributed by atoms with Crippen LogP contribution in [0.4, 0.5) is 5.69 Å². The highest BCUT2D eigenvalue weighted by molar-refractivity contribution is 6.18. The van der Waals surface area contributed by atoms with Gasteiger partial charge in [0.2, 0.25) is 0 Å². The van der Waals surface area contributed by atoms with Crippen molar-refractivity contribution in [2.24, 2.45) is 16.1 Å². The largest absolute Gasteiger partial charge is 0.384 e. The Kier molecular flexibility index (Phi) is 5.00. The predicted molar refractivity (Wildman–Crippen MR) is 118 cm³/mol. The molecule has 2 aliphatic rings. The molecule has 1 aliphatic heterocycles. The third-order valence-corrected chi connectivity index (χ3v) is 6.35. The number of H-pyrrole nitrogens is 1. The highest BCUT2D eigenvalue weighted by atomic mass is 15.2. The predicted octanol–water partition coefficient (Wildman–Crippen LogP) is 4.91. The fraction of sp³-hybridized carbons (Fsp3) is 0.478. The molecule has 5 heteroatoms. The number of aliphatic imine (C=N–C) groups is 1. The molecule has 1 saturated heterocycles. The first-order valence-electron chi connectivity index (χ1n) is 10.4. The van der Waals surface area contributed by atoms with Crippen molar-refractivity contribution in [2.75, 3.05) is 18.0 Å². The normalized spacial score (nSPS) is 19.4. The van der Waals surface area contributed by atoms with Crippen LogP contribution < -0.4 is 10.6 Å². The summed E-state index contributed by atoms with van der Waals surface area (Å²) in [5, 5.41) is 1.15. The van der Waals surface area contributed by atoms with Crippen LogP contribution in [0.15, 0.2) is 47.0 Å². The van der Waals surface area contributed by atoms with Gasteiger partial charge in [0.1, 0.15) is 11.5 Å². The number of anilines is 1. The standard InChI is InChI=1S/C23H31N5/c1-4-7-18(27-21(24)16(2)3)17-14-26-22-20(17)19(8-12-25-22)28-13-11-23(15-28)9-5-6-10-23/h4,7-8,12,14H,5-6,9-11,13,15,24H2,1-3H3,(H,25,26)/b7-4?,27-18+. The van der Waals surface area contributed by atoms with Crippen LogP contribution in [-0.4, -0.2) is 28.8 Å². The summed E-state index contributed by atoms with van der Waals surface area (Å²) >= 11 is 0. The molecule has 2 aromatic heterocycles. The number of aromatic amines is 1. The zero-order chi connectivity index (χ0) is 19.7. The van der Waals surface area contributed by atoms with Crippen LogP contribution in [0.3, 0.4) is 0 Å². The van der Waals surface area contributed by atoms with Gasteiger partial charge in [-0.3, -0.25) is 0 Å². The van der Waals surface area contributed by atoms with Gasteiger partial charge in [-0.15, -0.1) is 0 Å². The van der Waals surface area contributed by atoms with Crippen molar-refractivity contribution in [3.8, 4) is 0 Å². The van der Waals surface area contributed by atoms with Gasteiger partial charge in [-0.1, -0.05) is 18.9 Å². The molecule has 0 atom stereocenters. The van der Waals surface area contributed by atoms with E-state index in [4.69, 9.17) is 10.7 Å². The number of rotatable bonds is 4. The Morgan fingerprint density at radius 1 is 1.29 bits per heavy atom. The number of nitrogens with two attached hydrogens (primary N) is 1. The summed E-state index contributed by atoms with van der Waals surface area (Å²) in [7, 11) is 0. The third-order valence-electron chi connectivity index (χ3n) is 6.35. The first-order chi connectivity index (χ1) is 13.5. The molecule has 0 aromatic carbocycles. The van der Waals surface area contributed by atoms with Crippen LogP contribution in [-0.2, 0) is 0 Å². The molecule has 0 amide bonds. The second-order valence-electron chi connectivity index (χ2n) is 8.52. The minimum absolute atomic E-state index is 0.527. The molecule has 1 saturated carbocycles. The molecule has 0 unspecified atom stereocenters. The number of nitrogens with one attached hydrogen (secondary N) is 1. The molecule has 0 bridgehead atoms. The Hall–Kier alpha value is -2.56. The van der Waals surface area contributed by atoms with Gasteiger partial charge in [0.25, 0.3) is 0 Å². The molecule has 0 radical (unpaired) electrons. The van der Waals surface area contributed by atoms with Crippen LogP contribution in [0.2, 0.25) is 0 Å². The monoisotopic (exact) mass is 377 g/mol. The van der Waals surface area contributed by atoms with Crippen LogP contribution in [0, 0.1) is 5.41 Å². The highest BCUT2D eigenvalue weighted by Crippen LogP contribution is 2.47. The second-order valence-corrected chi connectivity index (χ2v) is 8.52. The number of aromatic nitrogens is 2. The molecule has 2 aromatic rings. The molecule has 5 nitrogen and oxygen atoms in total. The molecular weight excluding hydrogens is 346 g/mol. The summed E-state index contributed by atoms with van der Waals surface area (Å²) < 4.78 is 0. The minimum Gasteiger partial charge on any atom is -0.384 e. The van der Waals surface area contributed by atoms with E-state index in [1.807, 2.05) is 45.3 Å². The van der Waals surface area contributed by atoms with E-state index in [0.29, 0.717) is 11.2 Å². The van der Waals surface area contributed by atoms with Gasteiger partial charge in [-0.25, -0.2) is 9.98 Å². The Morgan fingerprint density at radius 2 is 2.07 bits per heavy atom. The van der Waals surface area contributed by atoms with Crippen molar-refractivity contribution in [3.05, 3.63) is 47.6 Å². The summed E-state index contributed by atoms with van der Waals surface area (Å²) in [6.07, 6.45) is 14.8. The summed E-state index contributed by atoms with van der Waals surface area (Å²) in [6.45, 7) is 8.25. The van der Waals surface area contributed by atoms with Crippen molar-refractivity contribution in [3.63, 3.8) is 0 Å². The van der Waals surface area contributed by atoms with Crippen LogP contribution in [0.5, 0.6) is 0 Å². The van der Waals surface area contributed by atoms with E-state index in [1.54, 1.807) is 0 Å². The molecule has 28 heavy (non-hydrogen) atoms. The Balaban J connectivity index is 1.80. The van der Waals surface area contributed by atoms with Gasteiger partial charge >= 0.3 is 0 Å². The maximum atomic E-state index is 6.16. The Morgan fingerprint density at radius 3 is 2.79 bits per heavy atom. The Bertz CT molecular complexity index is 953. The lowest BCUT2D eigenvalue weighted by atomic mass is 9.86. The number of allylic oxidation sites excluding steroid dienone is 3. The summed E-state index contributed by atoms with van der Waals surface area (Å²) in [4.78, 5) is 15.2. The topological polar surface area (TPSA) is 70.3 Å². The fourth-order valence-electron chi connectivity index (χ4n) is 4.77. The number of hydrogen-bond acceptors (Lipinski definition) is 4. The summed E-state index contributed by atoms with van der Waals surface area (Å²) in [5.41, 5.74) is 11.8. The average molecular weight is 378 g/mol. The first kappa shape index (κ1) is 18.8. The molecule has 3 N–H and O–H groups in total. The summed E-state index contributed by atoms with van der Waals surface area (Å²) in [6, 6.07) is 2.16. The Labute approximate surface area is 167 Å². The molecular formula is C23H31N5. The molecule has 1 spiro atoms. The third kappa shape index (κ3) is 3.34. The maximum absolute atomic E-state index is 6.16. The highest BCUT2D eigenvalue weighted by Gasteiger charge is 2.40. The first-order valence-corrected chi connectivity index (χ1v) is 10.4. The summed E-state index contributed by atoms with van der Waals surface area (Å²) in [5.74, 6) is 0.568. The quantitative estimate of drug-likeness (QED) is 0.744. The van der Waals surface area contributed by atoms with Gasteiger partial charge in [0, 0.05) is 36.7 Å². The van der Waals surface area contributed by atoms with Gasteiger partial charge in [0.15, 0.2) is 0 Å². The van der Waals surface area contributed by atoms with Gasteiger partial charge in [-0.05, 0) is 63.2 Å². The lowest BCUT2D eigenvalue weighted by Gasteiger charge is -2.25. The fourth-order valence-corrected chi connectivity index (χ4v) is 4.77. The number of hydrogen-bond donors (Lipinski definition) is 2. The lowest BCUT2D eigenvalue weighted by molar-refractivity contribution is 0.341. The van der Waals surface area contributed by atoms with E-state index in [-0.39, 0.29) is 0 Å². The minimum atomic E-state index is 0.527. The van der Waals surface area contributed by atoms with Crippen molar-refractivity contribution in [1.82, 2.24) is 9.97 Å². The van der Waals surface area contributed by atoms with Crippen LogP contribution >= 0.6 is 0 Å². The van der Waals surface area contributed by atoms with Crippen molar-refractivity contribution in [1.29, 1.82) is 0 Å². The zero-order valence-corrected chi connectivity index (χ0v) is 17.3. The van der Waals surface area contributed by atoms with E-state index in [2.05, 4.69) is 20.9 Å². The lowest BCUT2D eigenvalue weighted by Crippen LogP contribution is -2.25. The van der Waals surface area contributed by atoms with Crippen LogP contribution in [0.1, 0.15) is 58.4 Å². The van der Waals surface area contributed by atoms with E-state index >= 15 is 0 Å². The average Bonchev–Trinajstić information content (AvgIpc) is 3.42. The van der Waals surface area contributed by atoms with E-state index in [0.717, 1.165) is 41.0 Å². The maximum Gasteiger partial charge on any atom is 0.140 e. The van der Waals surface area contributed by atoms with Crippen molar-refractivity contribution < 1.29 is 0 Å². The number of nitrogens with zero attached hydrogens (tertiary/aromatic N) is 3. The SMILES string of the molecule is CC=C/C(=N\C(N)=C(C)C)c1c[nH]c2nccc(N3CCC4(CCCC4)C3)c12. The second kappa shape index (κ2) is 7.46. The van der Waals surface area contributed by atoms with Crippen molar-refractivity contribution >= 4 is 22.4 Å². The van der Waals surface area contributed by atoms with Crippen molar-refractivity contribution in [2.45, 2.75) is 52.9 Å². The smallest absolute Gasteiger partial charge is 0.140 e. The van der Waals surface area contributed by atoms with Crippen LogP contribution in [0.25, 0.3) is 11.0 Å². The van der Waals surface area contributed by atoms with Gasteiger partial charge in [0.05, 0.1) is 11.1 Å². The van der Waals surface area contributed by atoms with Gasteiger partial charge < -0.3 is 15.6 Å².